The molecule has 6 heteroatoms. The number of sulfone groups is 1. The van der Waals surface area contributed by atoms with Crippen LogP contribution in [0.5, 0.6) is 0 Å². The molecule has 0 aromatic carbocycles. The normalized spacial score (nSPS) is 27.3. The second-order valence-corrected chi connectivity index (χ2v) is 7.19. The fourth-order valence-electron chi connectivity index (χ4n) is 2.25. The molecule has 1 heterocycles. The van der Waals surface area contributed by atoms with E-state index in [0.717, 1.165) is 19.4 Å². The molecule has 2 rings (SSSR count). The van der Waals surface area contributed by atoms with E-state index in [4.69, 9.17) is 0 Å². The molecule has 17 heavy (non-hydrogen) atoms. The Morgan fingerprint density at radius 2 is 2.06 bits per heavy atom. The van der Waals surface area contributed by atoms with Crippen LogP contribution in [0.1, 0.15) is 26.2 Å². The van der Waals surface area contributed by atoms with Crippen molar-refractivity contribution in [2.45, 2.75) is 38.3 Å². The van der Waals surface area contributed by atoms with Gasteiger partial charge in [-0.1, -0.05) is 6.92 Å². The van der Waals surface area contributed by atoms with Gasteiger partial charge in [0.1, 0.15) is 0 Å². The minimum atomic E-state index is -2.87. The molecule has 1 amide bonds. The highest BCUT2D eigenvalue weighted by Crippen LogP contribution is 2.19. The van der Waals surface area contributed by atoms with E-state index in [1.54, 1.807) is 0 Å². The van der Waals surface area contributed by atoms with E-state index >= 15 is 0 Å². The molecular formula is C11H20N2O3S. The van der Waals surface area contributed by atoms with E-state index in [1.165, 1.54) is 0 Å². The molecule has 98 valence electrons. The predicted molar refractivity (Wildman–Crippen MR) is 65.5 cm³/mol. The van der Waals surface area contributed by atoms with Gasteiger partial charge in [0.25, 0.3) is 0 Å². The zero-order valence-electron chi connectivity index (χ0n) is 10.2. The quantitative estimate of drug-likeness (QED) is 0.742. The third-order valence-electron chi connectivity index (χ3n) is 3.42. The molecule has 1 atom stereocenters. The number of nitrogens with zero attached hydrogens (tertiary/aromatic N) is 1. The summed E-state index contributed by atoms with van der Waals surface area (Å²) >= 11 is 0. The van der Waals surface area contributed by atoms with Gasteiger partial charge in [0, 0.05) is 12.1 Å². The summed E-state index contributed by atoms with van der Waals surface area (Å²) in [6.45, 7) is 3.01. The van der Waals surface area contributed by atoms with E-state index in [1.807, 2.05) is 11.8 Å². The smallest absolute Gasteiger partial charge is 0.234 e. The minimum Gasteiger partial charge on any atom is -0.352 e. The minimum absolute atomic E-state index is 0.0231. The Morgan fingerprint density at radius 3 is 2.53 bits per heavy atom. The summed E-state index contributed by atoms with van der Waals surface area (Å²) in [4.78, 5) is 13.7. The van der Waals surface area contributed by atoms with Gasteiger partial charge in [-0.3, -0.25) is 9.69 Å². The molecule has 1 aliphatic heterocycles. The lowest BCUT2D eigenvalue weighted by Gasteiger charge is -2.25. The molecule has 0 bridgehead atoms. The molecule has 2 fully saturated rings. The molecule has 0 aromatic rings. The van der Waals surface area contributed by atoms with Crippen LogP contribution in [0.15, 0.2) is 0 Å². The molecule has 2 aliphatic rings. The van der Waals surface area contributed by atoms with Gasteiger partial charge in [-0.05, 0) is 25.8 Å². The van der Waals surface area contributed by atoms with Crippen LogP contribution in [0.4, 0.5) is 0 Å². The summed E-state index contributed by atoms with van der Waals surface area (Å²) in [5.74, 6) is 0.495. The molecule has 5 nitrogen and oxygen atoms in total. The topological polar surface area (TPSA) is 66.5 Å². The van der Waals surface area contributed by atoms with Gasteiger partial charge in [0.05, 0.1) is 18.1 Å². The summed E-state index contributed by atoms with van der Waals surface area (Å²) in [7, 11) is -2.87. The molecule has 1 N–H and O–H groups in total. The molecule has 0 aromatic heterocycles. The molecule has 0 radical (unpaired) electrons. The number of rotatable bonds is 5. The Hall–Kier alpha value is -0.620. The van der Waals surface area contributed by atoms with Crippen molar-refractivity contribution < 1.29 is 13.2 Å². The van der Waals surface area contributed by atoms with Crippen LogP contribution in [0, 0.1) is 0 Å². The zero-order chi connectivity index (χ0) is 12.5. The molecular weight excluding hydrogens is 240 g/mol. The summed E-state index contributed by atoms with van der Waals surface area (Å²) < 4.78 is 22.8. The van der Waals surface area contributed by atoms with Crippen LogP contribution in [-0.4, -0.2) is 55.9 Å². The van der Waals surface area contributed by atoms with Gasteiger partial charge in [0.2, 0.25) is 5.91 Å². The van der Waals surface area contributed by atoms with Crippen LogP contribution in [0.25, 0.3) is 0 Å². The maximum Gasteiger partial charge on any atom is 0.234 e. The fourth-order valence-corrected chi connectivity index (χ4v) is 4.01. The van der Waals surface area contributed by atoms with Crippen LogP contribution < -0.4 is 5.32 Å². The molecule has 0 spiro atoms. The highest BCUT2D eigenvalue weighted by Gasteiger charge is 2.33. The van der Waals surface area contributed by atoms with Crippen molar-refractivity contribution >= 4 is 15.7 Å². The van der Waals surface area contributed by atoms with Gasteiger partial charge in [-0.25, -0.2) is 8.42 Å². The first-order valence-corrected chi connectivity index (χ1v) is 8.06. The number of carbonyl (C=O) groups excluding carboxylic acids is 1. The summed E-state index contributed by atoms with van der Waals surface area (Å²) in [5, 5.41) is 2.93. The monoisotopic (exact) mass is 260 g/mol. The predicted octanol–water partition coefficient (Wildman–Crippen LogP) is -0.226. The van der Waals surface area contributed by atoms with Crippen molar-refractivity contribution in [1.29, 1.82) is 0 Å². The Labute approximate surface area is 102 Å². The lowest BCUT2D eigenvalue weighted by molar-refractivity contribution is -0.122. The first-order valence-electron chi connectivity index (χ1n) is 6.24. The van der Waals surface area contributed by atoms with Gasteiger partial charge in [0.15, 0.2) is 9.84 Å². The lowest BCUT2D eigenvalue weighted by Crippen LogP contribution is -2.44. The maximum atomic E-state index is 11.7. The van der Waals surface area contributed by atoms with E-state index < -0.39 is 9.84 Å². The third kappa shape index (κ3) is 3.67. The average molecular weight is 260 g/mol. The lowest BCUT2D eigenvalue weighted by atomic mass is 10.2. The molecule has 1 unspecified atom stereocenters. The highest BCUT2D eigenvalue weighted by atomic mass is 32.2. The third-order valence-corrected chi connectivity index (χ3v) is 5.17. The second-order valence-electron chi connectivity index (χ2n) is 4.96. The molecule has 1 saturated heterocycles. The van der Waals surface area contributed by atoms with Gasteiger partial charge in [-0.2, -0.15) is 0 Å². The van der Waals surface area contributed by atoms with Crippen molar-refractivity contribution in [3.05, 3.63) is 0 Å². The van der Waals surface area contributed by atoms with Gasteiger partial charge >= 0.3 is 0 Å². The Morgan fingerprint density at radius 1 is 1.35 bits per heavy atom. The number of likely N-dealkylation sites (N-methyl/N-ethyl adjacent to an activating group) is 1. The number of amides is 1. The number of nitrogens with one attached hydrogen (secondary N) is 1. The summed E-state index contributed by atoms with van der Waals surface area (Å²) in [6, 6.07) is 0.392. The first-order chi connectivity index (χ1) is 8.00. The van der Waals surface area contributed by atoms with Crippen molar-refractivity contribution in [3.63, 3.8) is 0 Å². The van der Waals surface area contributed by atoms with E-state index in [0.29, 0.717) is 19.0 Å². The maximum absolute atomic E-state index is 11.7. The van der Waals surface area contributed by atoms with Gasteiger partial charge in [-0.15, -0.1) is 0 Å². The SMILES string of the molecule is CCN(CC(=O)NC1CC1)C1CCS(=O)(=O)C1. The average Bonchev–Trinajstić information content (AvgIpc) is 2.98. The van der Waals surface area contributed by atoms with Crippen LogP contribution in [0.3, 0.4) is 0 Å². The van der Waals surface area contributed by atoms with Crippen LogP contribution in [-0.2, 0) is 14.6 Å². The van der Waals surface area contributed by atoms with Crippen LogP contribution >= 0.6 is 0 Å². The van der Waals surface area contributed by atoms with E-state index in [9.17, 15) is 13.2 Å². The largest absolute Gasteiger partial charge is 0.352 e. The zero-order valence-corrected chi connectivity index (χ0v) is 11.0. The Kier molecular flexibility index (Phi) is 3.73. The van der Waals surface area contributed by atoms with E-state index in [-0.39, 0.29) is 23.5 Å². The molecule has 1 aliphatic carbocycles. The fraction of sp³-hybridized carbons (Fsp3) is 0.909. The summed E-state index contributed by atoms with van der Waals surface area (Å²) in [5.41, 5.74) is 0. The van der Waals surface area contributed by atoms with E-state index in [2.05, 4.69) is 5.32 Å². The number of hydrogen-bond acceptors (Lipinski definition) is 4. The van der Waals surface area contributed by atoms with Crippen LogP contribution in [0.2, 0.25) is 0 Å². The van der Waals surface area contributed by atoms with Gasteiger partial charge < -0.3 is 5.32 Å². The second kappa shape index (κ2) is 4.94. The van der Waals surface area contributed by atoms with Crippen molar-refractivity contribution in [2.75, 3.05) is 24.6 Å². The standard InChI is InChI=1S/C11H20N2O3S/c1-2-13(7-11(14)12-9-3-4-9)10-5-6-17(15,16)8-10/h9-10H,2-8H2,1H3,(H,12,14). The number of carbonyl (C=O) groups is 1. The van der Waals surface area contributed by atoms with Crippen molar-refractivity contribution in [1.82, 2.24) is 10.2 Å². The number of hydrogen-bond donors (Lipinski definition) is 1. The van der Waals surface area contributed by atoms with Crippen molar-refractivity contribution in [2.24, 2.45) is 0 Å². The highest BCUT2D eigenvalue weighted by molar-refractivity contribution is 7.91. The Bertz CT molecular complexity index is 390. The van der Waals surface area contributed by atoms with Crippen molar-refractivity contribution in [3.8, 4) is 0 Å². The Balaban J connectivity index is 1.85. The molecule has 1 saturated carbocycles. The first kappa shape index (κ1) is 12.8. The summed E-state index contributed by atoms with van der Waals surface area (Å²) in [6.07, 6.45) is 2.82.